The molecule has 2 aliphatic rings. The Morgan fingerprint density at radius 3 is 2.20 bits per heavy atom. The largest absolute Gasteiger partial charge is 0.416 e. The Morgan fingerprint density at radius 1 is 0.933 bits per heavy atom. The first-order chi connectivity index (χ1) is 14.5. The van der Waals surface area contributed by atoms with E-state index in [0.29, 0.717) is 17.8 Å². The number of halogens is 3. The Hall–Kier alpha value is -1.69. The van der Waals surface area contributed by atoms with E-state index in [1.807, 2.05) is 0 Å². The van der Waals surface area contributed by atoms with Crippen LogP contribution in [0.4, 0.5) is 13.2 Å². The van der Waals surface area contributed by atoms with Gasteiger partial charge in [0.05, 0.1) is 5.56 Å². The number of unbranched alkanes of at least 4 members (excludes halogenated alkanes) is 1. The van der Waals surface area contributed by atoms with Crippen LogP contribution < -0.4 is 0 Å². The van der Waals surface area contributed by atoms with Crippen LogP contribution in [0.15, 0.2) is 36.4 Å². The van der Waals surface area contributed by atoms with Gasteiger partial charge in [-0.15, -0.1) is 0 Å². The highest BCUT2D eigenvalue weighted by atomic mass is 19.4. The van der Waals surface area contributed by atoms with Crippen molar-refractivity contribution < 1.29 is 13.2 Å². The van der Waals surface area contributed by atoms with Gasteiger partial charge in [-0.05, 0) is 92.9 Å². The van der Waals surface area contributed by atoms with Crippen LogP contribution in [0.3, 0.4) is 0 Å². The summed E-state index contributed by atoms with van der Waals surface area (Å²) in [4.78, 5) is 0. The van der Waals surface area contributed by atoms with Crippen molar-refractivity contribution in [1.82, 2.24) is 0 Å². The molecular weight excluding hydrogens is 381 g/mol. The van der Waals surface area contributed by atoms with Crippen molar-refractivity contribution >= 4 is 0 Å². The lowest BCUT2D eigenvalue weighted by Crippen LogP contribution is -2.13. The van der Waals surface area contributed by atoms with Gasteiger partial charge in [-0.2, -0.15) is 13.2 Å². The van der Waals surface area contributed by atoms with Gasteiger partial charge in [-0.25, -0.2) is 0 Å². The molecule has 0 bridgehead atoms. The fraction of sp³-hybridized carbons (Fsp3) is 0.630. The fourth-order valence-corrected chi connectivity index (χ4v) is 5.03. The van der Waals surface area contributed by atoms with Gasteiger partial charge < -0.3 is 0 Å². The van der Waals surface area contributed by atoms with Crippen LogP contribution in [0.5, 0.6) is 0 Å². The van der Waals surface area contributed by atoms with E-state index in [4.69, 9.17) is 0 Å². The molecule has 0 aromatic heterocycles. The molecule has 1 aromatic carbocycles. The number of alkyl halides is 3. The minimum Gasteiger partial charge on any atom is -0.166 e. The molecule has 0 atom stereocenters. The normalized spacial score (nSPS) is 27.6. The molecule has 30 heavy (non-hydrogen) atoms. The molecule has 0 radical (unpaired) electrons. The highest BCUT2D eigenvalue weighted by Gasteiger charge is 2.30. The zero-order valence-corrected chi connectivity index (χ0v) is 18.2. The zero-order chi connectivity index (χ0) is 21.4. The minimum absolute atomic E-state index is 0.365. The Labute approximate surface area is 180 Å². The lowest BCUT2D eigenvalue weighted by Gasteiger charge is -2.26. The first-order valence-corrected chi connectivity index (χ1v) is 11.8. The van der Waals surface area contributed by atoms with E-state index in [-0.39, 0.29) is 0 Å². The summed E-state index contributed by atoms with van der Waals surface area (Å²) in [5, 5.41) is 0. The lowest BCUT2D eigenvalue weighted by molar-refractivity contribution is -0.137. The molecule has 0 amide bonds. The minimum atomic E-state index is -4.26. The van der Waals surface area contributed by atoms with Crippen molar-refractivity contribution in [3.63, 3.8) is 0 Å². The zero-order valence-electron chi connectivity index (χ0n) is 18.2. The number of hydrogen-bond acceptors (Lipinski definition) is 0. The summed E-state index contributed by atoms with van der Waals surface area (Å²) in [5.41, 5.74) is 0.468. The molecule has 2 aliphatic carbocycles. The molecule has 1 aromatic rings. The van der Waals surface area contributed by atoms with Crippen LogP contribution in [0.25, 0.3) is 0 Å². The molecular formula is C27H35F3. The number of hydrogen-bond donors (Lipinski definition) is 0. The van der Waals surface area contributed by atoms with E-state index in [9.17, 15) is 13.2 Å². The smallest absolute Gasteiger partial charge is 0.166 e. The third-order valence-electron chi connectivity index (χ3n) is 7.03. The van der Waals surface area contributed by atoms with E-state index in [1.165, 1.54) is 57.1 Å². The van der Waals surface area contributed by atoms with Gasteiger partial charge in [0.25, 0.3) is 0 Å². The maximum Gasteiger partial charge on any atom is 0.416 e. The maximum absolute atomic E-state index is 12.7. The molecule has 0 N–H and O–H groups in total. The summed E-state index contributed by atoms with van der Waals surface area (Å²) >= 11 is 0. The molecule has 0 aliphatic heterocycles. The first-order valence-electron chi connectivity index (χ1n) is 11.8. The maximum atomic E-state index is 12.7. The summed E-state index contributed by atoms with van der Waals surface area (Å²) < 4.78 is 38.2. The summed E-state index contributed by atoms with van der Waals surface area (Å²) in [6.45, 7) is 2.27. The van der Waals surface area contributed by atoms with Gasteiger partial charge in [-0.3, -0.25) is 0 Å². The van der Waals surface area contributed by atoms with Crippen LogP contribution in [0.1, 0.15) is 94.6 Å². The highest BCUT2D eigenvalue weighted by Crippen LogP contribution is 2.37. The second-order valence-corrected chi connectivity index (χ2v) is 9.24. The Bertz CT molecular complexity index is 716. The summed E-state index contributed by atoms with van der Waals surface area (Å²) in [6, 6.07) is 5.73. The Kier molecular flexibility index (Phi) is 8.49. The Morgan fingerprint density at radius 2 is 1.60 bits per heavy atom. The van der Waals surface area contributed by atoms with Gasteiger partial charge >= 0.3 is 6.18 Å². The van der Waals surface area contributed by atoms with Crippen molar-refractivity contribution in [2.45, 2.75) is 89.6 Å². The van der Waals surface area contributed by atoms with E-state index in [0.717, 1.165) is 37.2 Å². The van der Waals surface area contributed by atoms with E-state index < -0.39 is 11.7 Å². The van der Waals surface area contributed by atoms with Gasteiger partial charge in [0.15, 0.2) is 0 Å². The van der Waals surface area contributed by atoms with Crippen molar-refractivity contribution in [1.29, 1.82) is 0 Å². The molecule has 0 heterocycles. The van der Waals surface area contributed by atoms with Gasteiger partial charge in [-0.1, -0.05) is 56.2 Å². The van der Waals surface area contributed by atoms with E-state index in [2.05, 4.69) is 30.9 Å². The van der Waals surface area contributed by atoms with Crippen molar-refractivity contribution in [3.8, 4) is 11.8 Å². The van der Waals surface area contributed by atoms with Gasteiger partial charge in [0, 0.05) is 5.92 Å². The summed E-state index contributed by atoms with van der Waals surface area (Å²) in [5.74, 6) is 9.12. The van der Waals surface area contributed by atoms with Gasteiger partial charge in [0.1, 0.15) is 0 Å². The SMILES string of the molecule is CCCC[C@H]1CC[C@H](/C=C/C#C[C@H]2CC[C@H](c3ccc(C(F)(F)F)cc3)CC2)CC1. The average Bonchev–Trinajstić information content (AvgIpc) is 2.76. The molecule has 0 unspecified atom stereocenters. The average molecular weight is 417 g/mol. The molecule has 3 heteroatoms. The molecule has 2 saturated carbocycles. The van der Waals surface area contributed by atoms with Crippen molar-refractivity contribution in [2.24, 2.45) is 17.8 Å². The quantitative estimate of drug-likeness (QED) is 0.422. The van der Waals surface area contributed by atoms with Crippen LogP contribution in [0.2, 0.25) is 0 Å². The third-order valence-corrected chi connectivity index (χ3v) is 7.03. The molecule has 3 rings (SSSR count). The third kappa shape index (κ3) is 6.93. The summed E-state index contributed by atoms with van der Waals surface area (Å²) in [6.07, 6.45) is 13.7. The predicted molar refractivity (Wildman–Crippen MR) is 118 cm³/mol. The number of rotatable bonds is 5. The van der Waals surface area contributed by atoms with Crippen LogP contribution in [0, 0.1) is 29.6 Å². The molecule has 0 spiro atoms. The molecule has 0 nitrogen and oxygen atoms in total. The van der Waals surface area contributed by atoms with Crippen molar-refractivity contribution in [2.75, 3.05) is 0 Å². The van der Waals surface area contributed by atoms with Crippen LogP contribution in [-0.2, 0) is 6.18 Å². The second kappa shape index (κ2) is 11.1. The van der Waals surface area contributed by atoms with Crippen molar-refractivity contribution in [3.05, 3.63) is 47.5 Å². The molecule has 2 fully saturated rings. The summed E-state index contributed by atoms with van der Waals surface area (Å²) in [7, 11) is 0. The first kappa shape index (κ1) is 23.0. The second-order valence-electron chi connectivity index (χ2n) is 9.24. The Balaban J connectivity index is 1.39. The standard InChI is InChI=1S/C27H35F3/c1-2-3-6-21-9-11-22(12-10-21)7-4-5-8-23-13-15-24(16-14-23)25-17-19-26(20-18-25)27(28,29)30/h4,7,17-24H,2-3,6,9-16H2,1H3/b7-4+/t21-,22-,23-,24-. The van der Waals surface area contributed by atoms with Crippen LogP contribution in [-0.4, -0.2) is 0 Å². The topological polar surface area (TPSA) is 0 Å². The van der Waals surface area contributed by atoms with E-state index in [1.54, 1.807) is 12.1 Å². The lowest BCUT2D eigenvalue weighted by atomic mass is 9.78. The monoisotopic (exact) mass is 416 g/mol. The highest BCUT2D eigenvalue weighted by molar-refractivity contribution is 5.28. The van der Waals surface area contributed by atoms with Gasteiger partial charge in [0.2, 0.25) is 0 Å². The van der Waals surface area contributed by atoms with Crippen LogP contribution >= 0.6 is 0 Å². The predicted octanol–water partition coefficient (Wildman–Crippen LogP) is 8.54. The number of benzene rings is 1. The fourth-order valence-electron chi connectivity index (χ4n) is 5.03. The molecule has 164 valence electrons. The number of allylic oxidation sites excluding steroid dienone is 2. The molecule has 0 saturated heterocycles. The van der Waals surface area contributed by atoms with E-state index >= 15 is 0 Å².